The molecule has 2 fully saturated rings. The Morgan fingerprint density at radius 2 is 1.69 bits per heavy atom. The number of fused-ring (bicyclic) bond motifs is 3. The first-order chi connectivity index (χ1) is 12.0. The van der Waals surface area contributed by atoms with Gasteiger partial charge in [0.2, 0.25) is 0 Å². The average molecular weight is 368 g/mol. The maximum Gasteiger partial charge on any atom is 0.334 e. The van der Waals surface area contributed by atoms with Gasteiger partial charge in [0.25, 0.3) is 0 Å². The quantitative estimate of drug-likeness (QED) is 0.294. The summed E-state index contributed by atoms with van der Waals surface area (Å²) in [6.07, 6.45) is -0.524. The van der Waals surface area contributed by atoms with Gasteiger partial charge in [-0.1, -0.05) is 13.2 Å². The maximum atomic E-state index is 12.4. The van der Waals surface area contributed by atoms with Crippen LogP contribution in [0.25, 0.3) is 0 Å². The number of aliphatic hydroxyl groups is 4. The van der Waals surface area contributed by atoms with Crippen LogP contribution >= 0.6 is 0 Å². The maximum absolute atomic E-state index is 12.4. The van der Waals surface area contributed by atoms with Crippen molar-refractivity contribution in [2.24, 2.45) is 5.92 Å². The molecule has 1 heterocycles. The van der Waals surface area contributed by atoms with E-state index in [9.17, 15) is 25.2 Å². The van der Waals surface area contributed by atoms with Crippen molar-refractivity contribution in [3.8, 4) is 0 Å². The number of rotatable bonds is 0. The number of carbonyl (C=O) groups excluding carboxylic acids is 1. The van der Waals surface area contributed by atoms with E-state index in [-0.39, 0.29) is 30.8 Å². The molecule has 0 aromatic heterocycles. The van der Waals surface area contributed by atoms with E-state index in [4.69, 9.17) is 4.74 Å². The Bertz CT molecular complexity index is 569. The molecule has 2 aliphatic rings. The minimum Gasteiger partial charge on any atom is -0.453 e. The topological polar surface area (TPSA) is 107 Å². The van der Waals surface area contributed by atoms with Gasteiger partial charge < -0.3 is 25.2 Å². The minimum atomic E-state index is -1.40. The lowest BCUT2D eigenvalue weighted by atomic mass is 9.79. The fourth-order valence-corrected chi connectivity index (χ4v) is 3.74. The first kappa shape index (κ1) is 21.1. The highest BCUT2D eigenvalue weighted by molar-refractivity contribution is 5.89. The molecule has 1 saturated carbocycles. The van der Waals surface area contributed by atoms with Gasteiger partial charge in [-0.05, 0) is 70.3 Å². The third kappa shape index (κ3) is 4.55. The van der Waals surface area contributed by atoms with Gasteiger partial charge in [0, 0.05) is 5.57 Å². The van der Waals surface area contributed by atoms with Crippen LogP contribution < -0.4 is 0 Å². The molecule has 1 aliphatic carbocycles. The molecule has 0 radical (unpaired) electrons. The lowest BCUT2D eigenvalue weighted by molar-refractivity contribution is -0.165. The van der Waals surface area contributed by atoms with E-state index in [1.807, 2.05) is 0 Å². The molecule has 1 aliphatic heterocycles. The molecule has 6 atom stereocenters. The molecular weight excluding hydrogens is 336 g/mol. The highest BCUT2D eigenvalue weighted by Crippen LogP contribution is 2.38. The lowest BCUT2D eigenvalue weighted by Gasteiger charge is -2.34. The second-order valence-corrected chi connectivity index (χ2v) is 8.34. The molecule has 6 unspecified atom stereocenters. The van der Waals surface area contributed by atoms with E-state index in [1.54, 1.807) is 6.92 Å². The van der Waals surface area contributed by atoms with Gasteiger partial charge in [-0.25, -0.2) is 4.79 Å². The van der Waals surface area contributed by atoms with E-state index >= 15 is 0 Å². The zero-order valence-corrected chi connectivity index (χ0v) is 15.8. The predicted octanol–water partition coefficient (Wildman–Crippen LogP) is 1.61. The Kier molecular flexibility index (Phi) is 6.33. The van der Waals surface area contributed by atoms with Gasteiger partial charge in [0.15, 0.2) is 0 Å². The van der Waals surface area contributed by atoms with E-state index in [1.165, 1.54) is 6.92 Å². The molecule has 0 aromatic carbocycles. The summed E-state index contributed by atoms with van der Waals surface area (Å²) in [7, 11) is 0. The summed E-state index contributed by atoms with van der Waals surface area (Å²) < 4.78 is 5.55. The zero-order valence-electron chi connectivity index (χ0n) is 15.8. The van der Waals surface area contributed by atoms with Crippen molar-refractivity contribution >= 4 is 5.97 Å². The fourth-order valence-electron chi connectivity index (χ4n) is 3.74. The number of esters is 1. The molecule has 0 spiro atoms. The van der Waals surface area contributed by atoms with Crippen LogP contribution in [-0.2, 0) is 9.53 Å². The van der Waals surface area contributed by atoms with Crippen LogP contribution in [-0.4, -0.2) is 55.9 Å². The first-order valence-corrected chi connectivity index (χ1v) is 9.32. The number of carbonyl (C=O) groups is 1. The Hall–Kier alpha value is -1.21. The number of ether oxygens (including phenoxy) is 1. The van der Waals surface area contributed by atoms with E-state index in [0.717, 1.165) is 0 Å². The highest BCUT2D eigenvalue weighted by atomic mass is 16.6. The van der Waals surface area contributed by atoms with Gasteiger partial charge in [-0.2, -0.15) is 0 Å². The molecule has 2 rings (SSSR count). The molecule has 6 nitrogen and oxygen atoms in total. The molecular formula is C20H32O6. The smallest absolute Gasteiger partial charge is 0.334 e. The molecule has 6 heteroatoms. The monoisotopic (exact) mass is 368 g/mol. The molecule has 148 valence electrons. The summed E-state index contributed by atoms with van der Waals surface area (Å²) >= 11 is 0. The Balaban J connectivity index is 2.33. The SMILES string of the molecule is C=C1CCC(O)C2(C)CCC(CC(O)C(C)(O)CCC1O)C(=C)C(=O)O2. The van der Waals surface area contributed by atoms with Crippen LogP contribution in [0.5, 0.6) is 0 Å². The minimum absolute atomic E-state index is 0.171. The average Bonchev–Trinajstić information content (AvgIpc) is 2.68. The van der Waals surface area contributed by atoms with Crippen LogP contribution in [0, 0.1) is 5.92 Å². The van der Waals surface area contributed by atoms with E-state index in [0.29, 0.717) is 31.3 Å². The molecule has 4 N–H and O–H groups in total. The van der Waals surface area contributed by atoms with Crippen LogP contribution in [0.2, 0.25) is 0 Å². The van der Waals surface area contributed by atoms with Gasteiger partial charge in [0.05, 0.1) is 23.9 Å². The molecule has 2 bridgehead atoms. The lowest BCUT2D eigenvalue weighted by Crippen LogP contribution is -2.43. The summed E-state index contributed by atoms with van der Waals surface area (Å²) in [6.45, 7) is 10.9. The van der Waals surface area contributed by atoms with E-state index in [2.05, 4.69) is 13.2 Å². The summed E-state index contributed by atoms with van der Waals surface area (Å²) in [5, 5.41) is 42.0. The fraction of sp³-hybridized carbons (Fsp3) is 0.750. The van der Waals surface area contributed by atoms with Gasteiger partial charge in [0.1, 0.15) is 5.60 Å². The van der Waals surface area contributed by atoms with Crippen molar-refractivity contribution in [1.29, 1.82) is 0 Å². The Labute approximate surface area is 155 Å². The van der Waals surface area contributed by atoms with Gasteiger partial charge in [-0.15, -0.1) is 0 Å². The third-order valence-corrected chi connectivity index (χ3v) is 6.13. The standard InChI is InChI=1S/C20H32O6/c1-12-5-6-16(22)20(4)10-7-14(13(2)18(24)26-20)11-17(23)19(3,25)9-8-15(12)21/h14-17,21-23,25H,1-2,5-11H2,3-4H3. The molecule has 26 heavy (non-hydrogen) atoms. The molecule has 0 aromatic rings. The molecule has 0 amide bonds. The van der Waals surface area contributed by atoms with Crippen LogP contribution in [0.15, 0.2) is 24.3 Å². The van der Waals surface area contributed by atoms with Crippen molar-refractivity contribution < 1.29 is 30.0 Å². The zero-order chi connectivity index (χ0) is 19.7. The second kappa shape index (κ2) is 7.80. The van der Waals surface area contributed by atoms with Gasteiger partial charge >= 0.3 is 5.97 Å². The van der Waals surface area contributed by atoms with Crippen molar-refractivity contribution in [2.75, 3.05) is 0 Å². The van der Waals surface area contributed by atoms with Gasteiger partial charge in [-0.3, -0.25) is 0 Å². The number of hydrogen-bond acceptors (Lipinski definition) is 6. The number of hydrogen-bond donors (Lipinski definition) is 4. The highest BCUT2D eigenvalue weighted by Gasteiger charge is 2.43. The Morgan fingerprint density at radius 1 is 1.04 bits per heavy atom. The third-order valence-electron chi connectivity index (χ3n) is 6.13. The van der Waals surface area contributed by atoms with E-state index < -0.39 is 35.5 Å². The summed E-state index contributed by atoms with van der Waals surface area (Å²) in [5.41, 5.74) is -1.64. The summed E-state index contributed by atoms with van der Waals surface area (Å²) in [6, 6.07) is 0. The van der Waals surface area contributed by atoms with Crippen molar-refractivity contribution in [3.63, 3.8) is 0 Å². The van der Waals surface area contributed by atoms with Crippen molar-refractivity contribution in [2.45, 2.75) is 88.3 Å². The van der Waals surface area contributed by atoms with Crippen LogP contribution in [0.1, 0.15) is 58.8 Å². The predicted molar refractivity (Wildman–Crippen MR) is 97.2 cm³/mol. The Morgan fingerprint density at radius 3 is 2.35 bits per heavy atom. The van der Waals surface area contributed by atoms with Crippen LogP contribution in [0.4, 0.5) is 0 Å². The van der Waals surface area contributed by atoms with Crippen molar-refractivity contribution in [3.05, 3.63) is 24.3 Å². The normalized spacial score (nSPS) is 43.5. The van der Waals surface area contributed by atoms with Crippen LogP contribution in [0.3, 0.4) is 0 Å². The largest absolute Gasteiger partial charge is 0.453 e. The van der Waals surface area contributed by atoms with Crippen molar-refractivity contribution in [1.82, 2.24) is 0 Å². The summed E-state index contributed by atoms with van der Waals surface area (Å²) in [5.74, 6) is -0.907. The first-order valence-electron chi connectivity index (χ1n) is 9.32. The summed E-state index contributed by atoms with van der Waals surface area (Å²) in [4.78, 5) is 12.4. The molecule has 1 saturated heterocycles. The second-order valence-electron chi connectivity index (χ2n) is 8.34. The number of aliphatic hydroxyl groups excluding tert-OH is 3.